The highest BCUT2D eigenvalue weighted by Gasteiger charge is 2.15. The third kappa shape index (κ3) is 4.57. The Morgan fingerprint density at radius 1 is 0.900 bits per heavy atom. The second-order valence-electron chi connectivity index (χ2n) is 6.75. The molecule has 0 fully saturated rings. The third-order valence-corrected chi connectivity index (χ3v) is 4.61. The number of hydrogen-bond acceptors (Lipinski definition) is 4. The van der Waals surface area contributed by atoms with E-state index in [1.54, 1.807) is 30.3 Å². The van der Waals surface area contributed by atoms with E-state index >= 15 is 0 Å². The lowest BCUT2D eigenvalue weighted by molar-refractivity contribution is -0.116. The van der Waals surface area contributed by atoms with E-state index in [1.807, 2.05) is 18.2 Å². The number of halogens is 1. The highest BCUT2D eigenvalue weighted by molar-refractivity contribution is 6.10. The van der Waals surface area contributed by atoms with Crippen LogP contribution in [0.15, 0.2) is 66.7 Å². The molecular weight excluding hydrogens is 387 g/mol. The maximum Gasteiger partial charge on any atom is 0.257 e. The highest BCUT2D eigenvalue weighted by Crippen LogP contribution is 2.32. The molecule has 3 aromatic carbocycles. The van der Waals surface area contributed by atoms with Crippen molar-refractivity contribution >= 4 is 23.2 Å². The van der Waals surface area contributed by atoms with Crippen LogP contribution in [0, 0.1) is 5.82 Å². The predicted octanol–water partition coefficient (Wildman–Crippen LogP) is 4.38. The van der Waals surface area contributed by atoms with E-state index in [4.69, 9.17) is 9.47 Å². The van der Waals surface area contributed by atoms with Crippen molar-refractivity contribution in [3.05, 3.63) is 83.7 Å². The number of nitrogens with one attached hydrogen (secondary N) is 2. The zero-order valence-corrected chi connectivity index (χ0v) is 16.0. The minimum Gasteiger partial charge on any atom is -0.454 e. The zero-order chi connectivity index (χ0) is 20.9. The maximum atomic E-state index is 13.3. The van der Waals surface area contributed by atoms with Gasteiger partial charge in [0.15, 0.2) is 11.5 Å². The Kier molecular flexibility index (Phi) is 5.61. The van der Waals surface area contributed by atoms with Gasteiger partial charge in [-0.05, 0) is 54.4 Å². The molecule has 0 aliphatic carbocycles. The van der Waals surface area contributed by atoms with Crippen molar-refractivity contribution in [1.29, 1.82) is 0 Å². The lowest BCUT2D eigenvalue weighted by Gasteiger charge is -2.12. The molecule has 30 heavy (non-hydrogen) atoms. The number of benzene rings is 3. The Morgan fingerprint density at radius 3 is 2.60 bits per heavy atom. The average Bonchev–Trinajstić information content (AvgIpc) is 3.20. The van der Waals surface area contributed by atoms with Gasteiger partial charge in [0.2, 0.25) is 12.7 Å². The number of aryl methyl sites for hydroxylation is 1. The van der Waals surface area contributed by atoms with Crippen LogP contribution in [0.5, 0.6) is 11.5 Å². The first-order valence-electron chi connectivity index (χ1n) is 9.43. The van der Waals surface area contributed by atoms with Gasteiger partial charge >= 0.3 is 0 Å². The Balaban J connectivity index is 1.39. The summed E-state index contributed by atoms with van der Waals surface area (Å²) >= 11 is 0. The van der Waals surface area contributed by atoms with E-state index < -0.39 is 11.7 Å². The van der Waals surface area contributed by atoms with Gasteiger partial charge in [0, 0.05) is 12.1 Å². The number of fused-ring (bicyclic) bond motifs is 1. The molecular formula is C23H19FN2O4. The number of carbonyl (C=O) groups is 2. The van der Waals surface area contributed by atoms with E-state index in [0.29, 0.717) is 29.3 Å². The molecule has 0 saturated heterocycles. The van der Waals surface area contributed by atoms with Crippen molar-refractivity contribution in [2.45, 2.75) is 12.8 Å². The topological polar surface area (TPSA) is 76.7 Å². The maximum absolute atomic E-state index is 13.3. The summed E-state index contributed by atoms with van der Waals surface area (Å²) in [6, 6.07) is 17.9. The molecule has 2 amide bonds. The highest BCUT2D eigenvalue weighted by atomic mass is 19.1. The van der Waals surface area contributed by atoms with E-state index in [9.17, 15) is 14.0 Å². The minimum absolute atomic E-state index is 0.202. The van der Waals surface area contributed by atoms with Gasteiger partial charge in [-0.3, -0.25) is 9.59 Å². The Morgan fingerprint density at radius 2 is 1.73 bits per heavy atom. The fraction of sp³-hybridized carbons (Fsp3) is 0.130. The predicted molar refractivity (Wildman–Crippen MR) is 110 cm³/mol. The molecule has 152 valence electrons. The van der Waals surface area contributed by atoms with Gasteiger partial charge in [-0.15, -0.1) is 0 Å². The number of amides is 2. The molecule has 0 unspecified atom stereocenters. The molecule has 0 radical (unpaired) electrons. The SMILES string of the molecule is O=C(CCc1ccc2c(c1)OCO2)Nc1ccccc1C(=O)Nc1cccc(F)c1. The van der Waals surface area contributed by atoms with Crippen LogP contribution in [-0.4, -0.2) is 18.6 Å². The third-order valence-electron chi connectivity index (χ3n) is 4.61. The van der Waals surface area contributed by atoms with Crippen LogP contribution in [0.2, 0.25) is 0 Å². The van der Waals surface area contributed by atoms with Crippen LogP contribution < -0.4 is 20.1 Å². The van der Waals surface area contributed by atoms with Crippen molar-refractivity contribution in [2.24, 2.45) is 0 Å². The monoisotopic (exact) mass is 406 g/mol. The Labute approximate surface area is 172 Å². The number of rotatable bonds is 6. The fourth-order valence-electron chi connectivity index (χ4n) is 3.12. The van der Waals surface area contributed by atoms with Gasteiger partial charge in [0.05, 0.1) is 11.3 Å². The zero-order valence-electron chi connectivity index (χ0n) is 16.0. The van der Waals surface area contributed by atoms with Gasteiger partial charge in [0.1, 0.15) is 5.82 Å². The van der Waals surface area contributed by atoms with E-state index in [0.717, 1.165) is 5.56 Å². The molecule has 4 rings (SSSR count). The summed E-state index contributed by atoms with van der Waals surface area (Å²) in [5, 5.41) is 5.42. The number of carbonyl (C=O) groups excluding carboxylic acids is 2. The van der Waals surface area contributed by atoms with Gasteiger partial charge in [0.25, 0.3) is 5.91 Å². The molecule has 3 aromatic rings. The number of hydrogen-bond donors (Lipinski definition) is 2. The molecule has 1 aliphatic heterocycles. The van der Waals surface area contributed by atoms with Crippen LogP contribution in [0.25, 0.3) is 0 Å². The molecule has 0 bridgehead atoms. The van der Waals surface area contributed by atoms with Crippen LogP contribution in [-0.2, 0) is 11.2 Å². The average molecular weight is 406 g/mol. The first-order chi connectivity index (χ1) is 14.6. The first kappa shape index (κ1) is 19.4. The molecule has 0 atom stereocenters. The molecule has 1 aliphatic rings. The quantitative estimate of drug-likeness (QED) is 0.637. The molecule has 1 heterocycles. The molecule has 7 heteroatoms. The van der Waals surface area contributed by atoms with Gasteiger partial charge < -0.3 is 20.1 Å². The second kappa shape index (κ2) is 8.65. The molecule has 6 nitrogen and oxygen atoms in total. The lowest BCUT2D eigenvalue weighted by Crippen LogP contribution is -2.18. The molecule has 0 aromatic heterocycles. The number of ether oxygens (including phenoxy) is 2. The summed E-state index contributed by atoms with van der Waals surface area (Å²) in [7, 11) is 0. The standard InChI is InChI=1S/C23H19FN2O4/c24-16-4-3-5-17(13-16)25-23(28)18-6-1-2-7-19(18)26-22(27)11-9-15-8-10-20-21(12-15)30-14-29-20/h1-8,10,12-13H,9,11,14H2,(H,25,28)(H,26,27). The number of para-hydroxylation sites is 1. The van der Waals surface area contributed by atoms with Gasteiger partial charge in [-0.1, -0.05) is 24.3 Å². The molecule has 2 N–H and O–H groups in total. The van der Waals surface area contributed by atoms with E-state index in [1.165, 1.54) is 18.2 Å². The first-order valence-corrected chi connectivity index (χ1v) is 9.43. The van der Waals surface area contributed by atoms with Crippen molar-refractivity contribution in [1.82, 2.24) is 0 Å². The summed E-state index contributed by atoms with van der Waals surface area (Å²) in [5.74, 6) is 0.262. The number of anilines is 2. The van der Waals surface area contributed by atoms with Crippen LogP contribution >= 0.6 is 0 Å². The fourth-order valence-corrected chi connectivity index (χ4v) is 3.12. The second-order valence-corrected chi connectivity index (χ2v) is 6.75. The molecule has 0 saturated carbocycles. The van der Waals surface area contributed by atoms with Crippen molar-refractivity contribution in [2.75, 3.05) is 17.4 Å². The van der Waals surface area contributed by atoms with Crippen molar-refractivity contribution in [3.63, 3.8) is 0 Å². The Bertz CT molecular complexity index is 1100. The van der Waals surface area contributed by atoms with Crippen LogP contribution in [0.4, 0.5) is 15.8 Å². The summed E-state index contributed by atoms with van der Waals surface area (Å²) in [4.78, 5) is 25.1. The summed E-state index contributed by atoms with van der Waals surface area (Å²) in [6.45, 7) is 0.202. The van der Waals surface area contributed by atoms with Crippen molar-refractivity contribution < 1.29 is 23.5 Å². The smallest absolute Gasteiger partial charge is 0.257 e. The Hall–Kier alpha value is -3.87. The van der Waals surface area contributed by atoms with Crippen LogP contribution in [0.3, 0.4) is 0 Å². The summed E-state index contributed by atoms with van der Waals surface area (Å²) in [6.07, 6.45) is 0.750. The summed E-state index contributed by atoms with van der Waals surface area (Å²) in [5.41, 5.74) is 1.97. The minimum atomic E-state index is -0.446. The van der Waals surface area contributed by atoms with E-state index in [-0.39, 0.29) is 24.7 Å². The van der Waals surface area contributed by atoms with Gasteiger partial charge in [-0.2, -0.15) is 0 Å². The summed E-state index contributed by atoms with van der Waals surface area (Å²) < 4.78 is 24.0. The largest absolute Gasteiger partial charge is 0.454 e. The van der Waals surface area contributed by atoms with Crippen LogP contribution in [0.1, 0.15) is 22.3 Å². The van der Waals surface area contributed by atoms with E-state index in [2.05, 4.69) is 10.6 Å². The lowest BCUT2D eigenvalue weighted by atomic mass is 10.1. The van der Waals surface area contributed by atoms with Crippen molar-refractivity contribution in [3.8, 4) is 11.5 Å². The normalized spacial score (nSPS) is 11.8. The van der Waals surface area contributed by atoms with Gasteiger partial charge in [-0.25, -0.2) is 4.39 Å². The molecule has 0 spiro atoms.